The Hall–Kier alpha value is -3.14. The highest BCUT2D eigenvalue weighted by atomic mass is 32.2. The third-order valence-electron chi connectivity index (χ3n) is 3.72. The van der Waals surface area contributed by atoms with E-state index in [9.17, 15) is 13.6 Å². The molecule has 1 amide bonds. The number of anilines is 1. The Labute approximate surface area is 162 Å². The number of nitrogens with zero attached hydrogens (tertiary/aromatic N) is 2. The van der Waals surface area contributed by atoms with E-state index in [-0.39, 0.29) is 11.5 Å². The molecule has 0 atom stereocenters. The lowest BCUT2D eigenvalue weighted by Crippen LogP contribution is -2.25. The third-order valence-corrected chi connectivity index (χ3v) is 4.79. The second kappa shape index (κ2) is 7.12. The van der Waals surface area contributed by atoms with E-state index >= 15 is 0 Å². The van der Waals surface area contributed by atoms with Crippen LogP contribution in [-0.2, 0) is 5.75 Å². The average Bonchev–Trinajstić information content (AvgIpc) is 3.20. The number of aryl methyl sites for hydroxylation is 1. The number of alkyl halides is 2. The Morgan fingerprint density at radius 2 is 1.96 bits per heavy atom. The highest BCUT2D eigenvalue weighted by molar-refractivity contribution is 7.98. The first kappa shape index (κ1) is 18.2. The Kier molecular flexibility index (Phi) is 4.63. The lowest BCUT2D eigenvalue weighted by Gasteiger charge is -2.09. The Morgan fingerprint density at radius 1 is 1.18 bits per heavy atom. The Bertz CT molecular complexity index is 1040. The maximum Gasteiger partial charge on any atom is 0.586 e. The SMILES string of the molecule is Cc1nc(CSc2ccccc2C(=O)Nc2ccc3c(c2)OC(F)(F)O3)no1. The fourth-order valence-electron chi connectivity index (χ4n) is 2.55. The molecule has 0 spiro atoms. The molecule has 1 N–H and O–H groups in total. The van der Waals surface area contributed by atoms with Crippen molar-refractivity contribution < 1.29 is 27.6 Å². The smallest absolute Gasteiger partial charge is 0.395 e. The molecule has 7 nitrogen and oxygen atoms in total. The van der Waals surface area contributed by atoms with Crippen LogP contribution in [0.15, 0.2) is 51.9 Å². The quantitative estimate of drug-likeness (QED) is 0.635. The van der Waals surface area contributed by atoms with Crippen LogP contribution in [-0.4, -0.2) is 22.3 Å². The molecule has 2 heterocycles. The van der Waals surface area contributed by atoms with Gasteiger partial charge in [0.15, 0.2) is 17.3 Å². The molecule has 0 unspecified atom stereocenters. The largest absolute Gasteiger partial charge is 0.586 e. The first-order valence-corrected chi connectivity index (χ1v) is 9.10. The van der Waals surface area contributed by atoms with Gasteiger partial charge in [-0.2, -0.15) is 4.98 Å². The molecule has 0 aliphatic carbocycles. The van der Waals surface area contributed by atoms with Crippen molar-refractivity contribution in [2.24, 2.45) is 0 Å². The number of fused-ring (bicyclic) bond motifs is 1. The Morgan fingerprint density at radius 3 is 2.75 bits per heavy atom. The summed E-state index contributed by atoms with van der Waals surface area (Å²) in [7, 11) is 0. The molecule has 10 heteroatoms. The zero-order valence-electron chi connectivity index (χ0n) is 14.4. The van der Waals surface area contributed by atoms with E-state index in [1.54, 1.807) is 25.1 Å². The van der Waals surface area contributed by atoms with E-state index < -0.39 is 12.2 Å². The van der Waals surface area contributed by atoms with E-state index in [4.69, 9.17) is 4.52 Å². The first-order chi connectivity index (χ1) is 13.4. The van der Waals surface area contributed by atoms with E-state index in [2.05, 4.69) is 24.9 Å². The van der Waals surface area contributed by atoms with Gasteiger partial charge in [-0.25, -0.2) is 0 Å². The molecule has 28 heavy (non-hydrogen) atoms. The highest BCUT2D eigenvalue weighted by Crippen LogP contribution is 2.42. The average molecular weight is 405 g/mol. The summed E-state index contributed by atoms with van der Waals surface area (Å²) in [6, 6.07) is 11.1. The predicted molar refractivity (Wildman–Crippen MR) is 95.6 cm³/mol. The number of nitrogens with one attached hydrogen (secondary N) is 1. The van der Waals surface area contributed by atoms with E-state index in [0.717, 1.165) is 4.90 Å². The summed E-state index contributed by atoms with van der Waals surface area (Å²) in [5.74, 6) is 0.801. The lowest BCUT2D eigenvalue weighted by atomic mass is 10.2. The van der Waals surface area contributed by atoms with Crippen LogP contribution in [0.1, 0.15) is 22.1 Å². The van der Waals surface area contributed by atoms with Gasteiger partial charge in [-0.15, -0.1) is 20.5 Å². The molecule has 1 aliphatic rings. The zero-order valence-corrected chi connectivity index (χ0v) is 15.3. The van der Waals surface area contributed by atoms with Crippen molar-refractivity contribution in [1.29, 1.82) is 0 Å². The maximum absolute atomic E-state index is 13.1. The van der Waals surface area contributed by atoms with Gasteiger partial charge in [-0.3, -0.25) is 4.79 Å². The van der Waals surface area contributed by atoms with Crippen molar-refractivity contribution in [3.05, 3.63) is 59.7 Å². The summed E-state index contributed by atoms with van der Waals surface area (Å²) in [4.78, 5) is 17.5. The van der Waals surface area contributed by atoms with Crippen LogP contribution in [0.5, 0.6) is 11.5 Å². The van der Waals surface area contributed by atoms with E-state index in [1.165, 1.54) is 30.0 Å². The molecule has 0 fully saturated rings. The number of hydrogen-bond donors (Lipinski definition) is 1. The van der Waals surface area contributed by atoms with Gasteiger partial charge in [0, 0.05) is 23.6 Å². The number of aromatic nitrogens is 2. The van der Waals surface area contributed by atoms with Crippen LogP contribution in [0, 0.1) is 6.92 Å². The van der Waals surface area contributed by atoms with Crippen LogP contribution in [0.4, 0.5) is 14.5 Å². The van der Waals surface area contributed by atoms with Crippen LogP contribution in [0.25, 0.3) is 0 Å². The number of carbonyl (C=O) groups is 1. The molecular weight excluding hydrogens is 392 g/mol. The number of thioether (sulfide) groups is 1. The van der Waals surface area contributed by atoms with Crippen molar-refractivity contribution in [3.63, 3.8) is 0 Å². The van der Waals surface area contributed by atoms with Crippen LogP contribution >= 0.6 is 11.8 Å². The summed E-state index contributed by atoms with van der Waals surface area (Å²) in [6.07, 6.45) is -3.71. The Balaban J connectivity index is 1.48. The molecule has 0 saturated heterocycles. The summed E-state index contributed by atoms with van der Waals surface area (Å²) in [5.41, 5.74) is 0.731. The molecule has 0 radical (unpaired) electrons. The monoisotopic (exact) mass is 405 g/mol. The van der Waals surface area contributed by atoms with Gasteiger partial charge >= 0.3 is 6.29 Å². The van der Waals surface area contributed by atoms with Crippen molar-refractivity contribution in [2.75, 3.05) is 5.32 Å². The van der Waals surface area contributed by atoms with Crippen molar-refractivity contribution >= 4 is 23.4 Å². The van der Waals surface area contributed by atoms with Gasteiger partial charge in [0.05, 0.1) is 11.3 Å². The highest BCUT2D eigenvalue weighted by Gasteiger charge is 2.43. The lowest BCUT2D eigenvalue weighted by molar-refractivity contribution is -0.286. The van der Waals surface area contributed by atoms with Crippen LogP contribution in [0.3, 0.4) is 0 Å². The van der Waals surface area contributed by atoms with Gasteiger partial charge in [0.1, 0.15) is 0 Å². The summed E-state index contributed by atoms with van der Waals surface area (Å²) >= 11 is 1.38. The van der Waals surface area contributed by atoms with E-state index in [0.29, 0.717) is 28.7 Å². The van der Waals surface area contributed by atoms with Crippen molar-refractivity contribution in [1.82, 2.24) is 10.1 Å². The van der Waals surface area contributed by atoms with Crippen LogP contribution in [0.2, 0.25) is 0 Å². The van der Waals surface area contributed by atoms with Gasteiger partial charge in [-0.1, -0.05) is 17.3 Å². The molecule has 1 aliphatic heterocycles. The second-order valence-corrected chi connectivity index (χ2v) is 6.81. The van der Waals surface area contributed by atoms with Crippen molar-refractivity contribution in [2.45, 2.75) is 23.9 Å². The topological polar surface area (TPSA) is 86.5 Å². The summed E-state index contributed by atoms with van der Waals surface area (Å²) in [6.45, 7) is 1.70. The maximum atomic E-state index is 13.1. The van der Waals surface area contributed by atoms with Gasteiger partial charge < -0.3 is 19.3 Å². The molecule has 2 aromatic carbocycles. The number of benzene rings is 2. The predicted octanol–water partition coefficient (Wildman–Crippen LogP) is 4.24. The first-order valence-electron chi connectivity index (χ1n) is 8.12. The van der Waals surface area contributed by atoms with Crippen molar-refractivity contribution in [3.8, 4) is 11.5 Å². The third kappa shape index (κ3) is 3.91. The number of amides is 1. The number of hydrogen-bond acceptors (Lipinski definition) is 7. The minimum atomic E-state index is -3.71. The minimum absolute atomic E-state index is 0.0886. The molecule has 1 aromatic heterocycles. The van der Waals surface area contributed by atoms with Gasteiger partial charge in [0.2, 0.25) is 5.89 Å². The summed E-state index contributed by atoms with van der Waals surface area (Å²) < 4.78 is 39.9. The molecule has 0 saturated carbocycles. The number of rotatable bonds is 5. The van der Waals surface area contributed by atoms with Gasteiger partial charge in [-0.05, 0) is 24.3 Å². The van der Waals surface area contributed by atoms with Crippen LogP contribution < -0.4 is 14.8 Å². The second-order valence-electron chi connectivity index (χ2n) is 5.80. The molecule has 144 valence electrons. The van der Waals surface area contributed by atoms with E-state index in [1.807, 2.05) is 6.07 Å². The number of ether oxygens (including phenoxy) is 2. The normalized spacial score (nSPS) is 14.1. The number of carbonyl (C=O) groups excluding carboxylic acids is 1. The molecular formula is C18H13F2N3O4S. The molecule has 0 bridgehead atoms. The fraction of sp³-hybridized carbons (Fsp3) is 0.167. The number of halogens is 2. The standard InChI is InChI=1S/C18H13F2N3O4S/c1-10-21-16(23-27-10)9-28-15-5-3-2-4-12(15)17(24)22-11-6-7-13-14(8-11)26-18(19,20)25-13/h2-8H,9H2,1H3,(H,22,24). The minimum Gasteiger partial charge on any atom is -0.395 e. The summed E-state index contributed by atoms with van der Waals surface area (Å²) in [5, 5.41) is 6.50. The van der Waals surface area contributed by atoms with Gasteiger partial charge in [0.25, 0.3) is 5.91 Å². The molecule has 4 rings (SSSR count). The zero-order chi connectivity index (χ0) is 19.7. The molecule has 3 aromatic rings. The fourth-order valence-corrected chi connectivity index (χ4v) is 3.44.